The van der Waals surface area contributed by atoms with Gasteiger partial charge in [0.2, 0.25) is 0 Å². The molecule has 0 amide bonds. The van der Waals surface area contributed by atoms with E-state index in [0.29, 0.717) is 6.54 Å². The van der Waals surface area contributed by atoms with Crippen LogP contribution >= 0.6 is 0 Å². The molecule has 0 spiro atoms. The molecular weight excluding hydrogens is 136 g/mol. The summed E-state index contributed by atoms with van der Waals surface area (Å²) in [7, 11) is 1.87. The fourth-order valence-corrected chi connectivity index (χ4v) is 0.660. The smallest absolute Gasteiger partial charge is 0.113 e. The molecule has 2 heteroatoms. The molecule has 2 nitrogen and oxygen atoms in total. The van der Waals surface area contributed by atoms with Gasteiger partial charge >= 0.3 is 0 Å². The molecule has 0 unspecified atom stereocenters. The molecule has 11 heavy (non-hydrogen) atoms. The first kappa shape index (κ1) is 7.77. The molecule has 0 bridgehead atoms. The summed E-state index contributed by atoms with van der Waals surface area (Å²) in [4.78, 5) is 4.05. The minimum absolute atomic E-state index is 0.705. The van der Waals surface area contributed by atoms with E-state index in [-0.39, 0.29) is 0 Å². The molecule has 0 aromatic carbocycles. The highest BCUT2D eigenvalue weighted by atomic mass is 14.8. The monoisotopic (exact) mass is 146 g/mol. The summed E-state index contributed by atoms with van der Waals surface area (Å²) in [5, 5.41) is 2.94. The fraction of sp³-hybridized carbons (Fsp3) is 0.222. The largest absolute Gasteiger partial charge is 0.309 e. The normalized spacial score (nSPS) is 8.45. The Balaban J connectivity index is 2.59. The maximum absolute atomic E-state index is 4.05. The first-order valence-electron chi connectivity index (χ1n) is 3.48. The third kappa shape index (κ3) is 2.83. The van der Waals surface area contributed by atoms with E-state index in [1.54, 1.807) is 6.20 Å². The van der Waals surface area contributed by atoms with Gasteiger partial charge < -0.3 is 5.32 Å². The maximum atomic E-state index is 4.05. The van der Waals surface area contributed by atoms with Crippen molar-refractivity contribution in [2.24, 2.45) is 0 Å². The lowest BCUT2D eigenvalue weighted by Crippen LogP contribution is -2.04. The summed E-state index contributed by atoms with van der Waals surface area (Å²) < 4.78 is 0. The predicted molar refractivity (Wildman–Crippen MR) is 45.0 cm³/mol. The van der Waals surface area contributed by atoms with Crippen LogP contribution < -0.4 is 5.32 Å². The van der Waals surface area contributed by atoms with Gasteiger partial charge in [-0.1, -0.05) is 12.0 Å². The van der Waals surface area contributed by atoms with Gasteiger partial charge in [0, 0.05) is 6.20 Å². The number of nitrogens with one attached hydrogen (secondary N) is 1. The van der Waals surface area contributed by atoms with Gasteiger partial charge in [-0.2, -0.15) is 0 Å². The fourth-order valence-electron chi connectivity index (χ4n) is 0.660. The first-order chi connectivity index (χ1) is 5.43. The third-order valence-corrected chi connectivity index (χ3v) is 1.15. The minimum Gasteiger partial charge on any atom is -0.309 e. The molecule has 0 aliphatic heterocycles. The second-order valence-electron chi connectivity index (χ2n) is 2.05. The lowest BCUT2D eigenvalue weighted by molar-refractivity contribution is 0.938. The summed E-state index contributed by atoms with van der Waals surface area (Å²) in [6, 6.07) is 5.70. The zero-order valence-corrected chi connectivity index (χ0v) is 6.46. The Kier molecular flexibility index (Phi) is 3.17. The number of pyridine rings is 1. The van der Waals surface area contributed by atoms with Gasteiger partial charge in [-0.15, -0.1) is 0 Å². The van der Waals surface area contributed by atoms with Crippen LogP contribution in [0, 0.1) is 11.8 Å². The predicted octanol–water partition coefficient (Wildman–Crippen LogP) is 0.653. The molecule has 1 rings (SSSR count). The molecule has 56 valence electrons. The second kappa shape index (κ2) is 4.48. The lowest BCUT2D eigenvalue weighted by atomic mass is 10.3. The Hall–Kier alpha value is -1.33. The number of hydrogen-bond donors (Lipinski definition) is 1. The van der Waals surface area contributed by atoms with Crippen molar-refractivity contribution >= 4 is 0 Å². The van der Waals surface area contributed by atoms with Crippen LogP contribution in [-0.2, 0) is 0 Å². The van der Waals surface area contributed by atoms with E-state index >= 15 is 0 Å². The molecule has 0 atom stereocenters. The van der Waals surface area contributed by atoms with Crippen molar-refractivity contribution in [2.45, 2.75) is 0 Å². The van der Waals surface area contributed by atoms with Gasteiger partial charge in [0.25, 0.3) is 0 Å². The molecule has 1 N–H and O–H groups in total. The van der Waals surface area contributed by atoms with Gasteiger partial charge in [0.15, 0.2) is 0 Å². The summed E-state index contributed by atoms with van der Waals surface area (Å²) in [6.07, 6.45) is 1.74. The highest BCUT2D eigenvalue weighted by Gasteiger charge is 1.80. The van der Waals surface area contributed by atoms with Crippen LogP contribution in [0.15, 0.2) is 24.4 Å². The molecule has 0 fully saturated rings. The molecule has 1 heterocycles. The van der Waals surface area contributed by atoms with Crippen molar-refractivity contribution in [3.05, 3.63) is 30.1 Å². The number of hydrogen-bond acceptors (Lipinski definition) is 2. The number of nitrogens with zero attached hydrogens (tertiary/aromatic N) is 1. The van der Waals surface area contributed by atoms with E-state index in [9.17, 15) is 0 Å². The standard InChI is InChI=1S/C9H10N2/c1-10-7-4-6-9-5-2-3-8-11-9/h2-3,5,8,10H,7H2,1H3. The number of aromatic nitrogens is 1. The average molecular weight is 146 g/mol. The highest BCUT2D eigenvalue weighted by Crippen LogP contribution is 1.88. The highest BCUT2D eigenvalue weighted by molar-refractivity contribution is 5.26. The summed E-state index contributed by atoms with van der Waals surface area (Å²) >= 11 is 0. The molecule has 1 aromatic rings. The van der Waals surface area contributed by atoms with Crippen molar-refractivity contribution in [1.82, 2.24) is 10.3 Å². The van der Waals surface area contributed by atoms with Crippen molar-refractivity contribution in [3.8, 4) is 11.8 Å². The topological polar surface area (TPSA) is 24.9 Å². The molecule has 0 saturated heterocycles. The van der Waals surface area contributed by atoms with Gasteiger partial charge in [0.1, 0.15) is 5.69 Å². The van der Waals surface area contributed by atoms with E-state index in [1.165, 1.54) is 0 Å². The first-order valence-corrected chi connectivity index (χ1v) is 3.48. The Labute approximate surface area is 66.7 Å². The summed E-state index contributed by atoms with van der Waals surface area (Å²) in [6.45, 7) is 0.705. The van der Waals surface area contributed by atoms with Crippen LogP contribution in [0.2, 0.25) is 0 Å². The minimum atomic E-state index is 0.705. The van der Waals surface area contributed by atoms with Gasteiger partial charge in [-0.3, -0.25) is 0 Å². The van der Waals surface area contributed by atoms with Gasteiger partial charge in [-0.25, -0.2) is 4.98 Å². The quantitative estimate of drug-likeness (QED) is 0.588. The summed E-state index contributed by atoms with van der Waals surface area (Å²) in [5.41, 5.74) is 0.822. The third-order valence-electron chi connectivity index (χ3n) is 1.15. The molecule has 0 radical (unpaired) electrons. The Morgan fingerprint density at radius 3 is 3.09 bits per heavy atom. The molecule has 0 saturated carbocycles. The second-order valence-corrected chi connectivity index (χ2v) is 2.05. The molecule has 0 aliphatic carbocycles. The zero-order chi connectivity index (χ0) is 7.94. The van der Waals surface area contributed by atoms with E-state index in [4.69, 9.17) is 0 Å². The zero-order valence-electron chi connectivity index (χ0n) is 6.46. The lowest BCUT2D eigenvalue weighted by Gasteiger charge is -1.85. The average Bonchev–Trinajstić information content (AvgIpc) is 2.07. The SMILES string of the molecule is CNCC#Cc1ccccn1. The van der Waals surface area contributed by atoms with E-state index in [0.717, 1.165) is 5.69 Å². The Morgan fingerprint density at radius 2 is 2.45 bits per heavy atom. The van der Waals surface area contributed by atoms with Crippen LogP contribution in [0.3, 0.4) is 0 Å². The molecular formula is C9H10N2. The Morgan fingerprint density at radius 1 is 1.55 bits per heavy atom. The van der Waals surface area contributed by atoms with Gasteiger partial charge in [0.05, 0.1) is 6.54 Å². The Bertz CT molecular complexity index is 256. The van der Waals surface area contributed by atoms with Crippen molar-refractivity contribution in [3.63, 3.8) is 0 Å². The molecule has 0 aliphatic rings. The van der Waals surface area contributed by atoms with Crippen molar-refractivity contribution < 1.29 is 0 Å². The molecule has 1 aromatic heterocycles. The van der Waals surface area contributed by atoms with Gasteiger partial charge in [-0.05, 0) is 25.1 Å². The number of rotatable bonds is 1. The summed E-state index contributed by atoms with van der Waals surface area (Å²) in [5.74, 6) is 5.85. The van der Waals surface area contributed by atoms with E-state index < -0.39 is 0 Å². The van der Waals surface area contributed by atoms with Crippen LogP contribution in [0.25, 0.3) is 0 Å². The van der Waals surface area contributed by atoms with Crippen LogP contribution in [0.4, 0.5) is 0 Å². The van der Waals surface area contributed by atoms with Crippen LogP contribution in [0.1, 0.15) is 5.69 Å². The van der Waals surface area contributed by atoms with Crippen molar-refractivity contribution in [2.75, 3.05) is 13.6 Å². The van der Waals surface area contributed by atoms with Crippen LogP contribution in [0.5, 0.6) is 0 Å². The van der Waals surface area contributed by atoms with Crippen LogP contribution in [-0.4, -0.2) is 18.6 Å². The van der Waals surface area contributed by atoms with E-state index in [1.807, 2.05) is 25.2 Å². The van der Waals surface area contributed by atoms with Crippen molar-refractivity contribution in [1.29, 1.82) is 0 Å². The van der Waals surface area contributed by atoms with E-state index in [2.05, 4.69) is 22.1 Å². The maximum Gasteiger partial charge on any atom is 0.113 e.